The summed E-state index contributed by atoms with van der Waals surface area (Å²) in [4.78, 5) is 1.94. The van der Waals surface area contributed by atoms with Crippen LogP contribution in [-0.4, -0.2) is 26.2 Å². The fourth-order valence-electron chi connectivity index (χ4n) is 2.32. The topological polar surface area (TPSA) is 39.1 Å². The number of piperazine rings is 1. The molecule has 1 aromatic carbocycles. The molecule has 1 saturated heterocycles. The summed E-state index contributed by atoms with van der Waals surface area (Å²) in [7, 11) is 0. The first kappa shape index (κ1) is 13.8. The van der Waals surface area contributed by atoms with Crippen molar-refractivity contribution in [2.45, 2.75) is 19.3 Å². The van der Waals surface area contributed by atoms with Crippen LogP contribution in [0.4, 0.5) is 14.5 Å². The Bertz CT molecular complexity index is 491. The van der Waals surface area contributed by atoms with Gasteiger partial charge in [-0.25, -0.2) is 8.78 Å². The molecule has 0 amide bonds. The van der Waals surface area contributed by atoms with Crippen molar-refractivity contribution < 1.29 is 8.78 Å². The van der Waals surface area contributed by atoms with Crippen LogP contribution in [0.1, 0.15) is 19.4 Å². The Kier molecular flexibility index (Phi) is 3.72. The van der Waals surface area contributed by atoms with E-state index in [-0.39, 0.29) is 5.56 Å². The number of hydrogen-bond donors (Lipinski definition) is 1. The Morgan fingerprint density at radius 3 is 2.21 bits per heavy atom. The molecule has 0 atom stereocenters. The van der Waals surface area contributed by atoms with E-state index in [4.69, 9.17) is 5.26 Å². The highest BCUT2D eigenvalue weighted by atomic mass is 19.1. The van der Waals surface area contributed by atoms with Crippen LogP contribution in [0.25, 0.3) is 0 Å². The number of rotatable bonds is 2. The molecule has 0 unspecified atom stereocenters. The van der Waals surface area contributed by atoms with Crippen molar-refractivity contribution in [2.75, 3.05) is 31.1 Å². The molecule has 1 aromatic rings. The van der Waals surface area contributed by atoms with Gasteiger partial charge in [-0.15, -0.1) is 0 Å². The van der Waals surface area contributed by atoms with Gasteiger partial charge in [-0.3, -0.25) is 0 Å². The van der Waals surface area contributed by atoms with E-state index in [9.17, 15) is 8.78 Å². The monoisotopic (exact) mass is 265 g/mol. The minimum Gasteiger partial charge on any atom is -0.369 e. The maximum Gasteiger partial charge on any atom is 0.132 e. The van der Waals surface area contributed by atoms with E-state index in [1.54, 1.807) is 0 Å². The van der Waals surface area contributed by atoms with Gasteiger partial charge in [0, 0.05) is 37.4 Å². The predicted octanol–water partition coefficient (Wildman–Crippen LogP) is 2.18. The molecule has 0 radical (unpaired) electrons. The van der Waals surface area contributed by atoms with Gasteiger partial charge in [-0.2, -0.15) is 5.26 Å². The number of nitriles is 1. The van der Waals surface area contributed by atoms with E-state index in [1.165, 1.54) is 26.0 Å². The summed E-state index contributed by atoms with van der Waals surface area (Å²) >= 11 is 0. The second-order valence-electron chi connectivity index (χ2n) is 5.26. The lowest BCUT2D eigenvalue weighted by atomic mass is 9.85. The third kappa shape index (κ3) is 2.69. The van der Waals surface area contributed by atoms with Crippen molar-refractivity contribution in [3.63, 3.8) is 0 Å². The van der Waals surface area contributed by atoms with Gasteiger partial charge in [-0.1, -0.05) is 0 Å². The number of halogens is 2. The highest BCUT2D eigenvalue weighted by molar-refractivity contribution is 5.51. The van der Waals surface area contributed by atoms with Gasteiger partial charge < -0.3 is 10.2 Å². The van der Waals surface area contributed by atoms with Crippen molar-refractivity contribution in [1.29, 1.82) is 5.26 Å². The smallest absolute Gasteiger partial charge is 0.132 e. The molecule has 0 bridgehead atoms. The van der Waals surface area contributed by atoms with Gasteiger partial charge in [0.1, 0.15) is 11.6 Å². The van der Waals surface area contributed by atoms with Crippen molar-refractivity contribution in [1.82, 2.24) is 5.32 Å². The first-order valence-corrected chi connectivity index (χ1v) is 6.32. The lowest BCUT2D eigenvalue weighted by Gasteiger charge is -2.30. The standard InChI is InChI=1S/C14H17F2N3/c1-14(2,9-17)13-11(15)7-10(8-12(13)16)19-5-3-18-4-6-19/h7-8,18H,3-6H2,1-2H3. The molecule has 0 aromatic heterocycles. The number of nitrogens with one attached hydrogen (secondary N) is 1. The van der Waals surface area contributed by atoms with Gasteiger partial charge in [0.25, 0.3) is 0 Å². The largest absolute Gasteiger partial charge is 0.369 e. The molecule has 0 saturated carbocycles. The first-order chi connectivity index (χ1) is 8.95. The highest BCUT2D eigenvalue weighted by Crippen LogP contribution is 2.31. The van der Waals surface area contributed by atoms with Crippen molar-refractivity contribution in [3.8, 4) is 6.07 Å². The molecule has 1 aliphatic rings. The van der Waals surface area contributed by atoms with Gasteiger partial charge >= 0.3 is 0 Å². The van der Waals surface area contributed by atoms with Crippen LogP contribution in [0.15, 0.2) is 12.1 Å². The summed E-state index contributed by atoms with van der Waals surface area (Å²) in [5, 5.41) is 12.2. The lowest BCUT2D eigenvalue weighted by molar-refractivity contribution is 0.506. The Hall–Kier alpha value is -1.67. The molecule has 0 spiro atoms. The number of anilines is 1. The summed E-state index contributed by atoms with van der Waals surface area (Å²) in [5.74, 6) is -1.31. The SMILES string of the molecule is CC(C)(C#N)c1c(F)cc(N2CCNCC2)cc1F. The van der Waals surface area contributed by atoms with Gasteiger partial charge in [0.05, 0.1) is 11.5 Å². The zero-order valence-corrected chi connectivity index (χ0v) is 11.1. The summed E-state index contributed by atoms with van der Waals surface area (Å²) in [6, 6.07) is 4.58. The zero-order valence-electron chi connectivity index (χ0n) is 11.1. The second-order valence-corrected chi connectivity index (χ2v) is 5.26. The molecule has 3 nitrogen and oxygen atoms in total. The molecule has 19 heavy (non-hydrogen) atoms. The quantitative estimate of drug-likeness (QED) is 0.890. The zero-order chi connectivity index (χ0) is 14.0. The van der Waals surface area contributed by atoms with E-state index in [1.807, 2.05) is 11.0 Å². The van der Waals surface area contributed by atoms with E-state index in [2.05, 4.69) is 5.32 Å². The van der Waals surface area contributed by atoms with E-state index >= 15 is 0 Å². The highest BCUT2D eigenvalue weighted by Gasteiger charge is 2.29. The minimum atomic E-state index is -1.17. The van der Waals surface area contributed by atoms with Gasteiger partial charge in [0.15, 0.2) is 0 Å². The fraction of sp³-hybridized carbons (Fsp3) is 0.500. The van der Waals surface area contributed by atoms with Gasteiger partial charge in [-0.05, 0) is 26.0 Å². The lowest BCUT2D eigenvalue weighted by Crippen LogP contribution is -2.43. The maximum atomic E-state index is 14.1. The van der Waals surface area contributed by atoms with Crippen LogP contribution in [0, 0.1) is 23.0 Å². The molecule has 1 fully saturated rings. The summed E-state index contributed by atoms with van der Waals surface area (Å²) in [6.45, 7) is 6.07. The van der Waals surface area contributed by atoms with E-state index in [0.29, 0.717) is 5.69 Å². The normalized spacial score (nSPS) is 16.3. The third-order valence-electron chi connectivity index (χ3n) is 3.41. The average molecular weight is 265 g/mol. The summed E-state index contributed by atoms with van der Waals surface area (Å²) in [5.41, 5.74) is -0.793. The number of benzene rings is 1. The van der Waals surface area contributed by atoms with Crippen LogP contribution in [0.5, 0.6) is 0 Å². The van der Waals surface area contributed by atoms with Crippen LogP contribution < -0.4 is 10.2 Å². The molecular formula is C14H17F2N3. The molecule has 102 valence electrons. The van der Waals surface area contributed by atoms with Crippen molar-refractivity contribution in [2.24, 2.45) is 0 Å². The molecule has 1 N–H and O–H groups in total. The molecule has 1 aliphatic heterocycles. The Balaban J connectivity index is 2.39. The average Bonchev–Trinajstić information content (AvgIpc) is 2.38. The third-order valence-corrected chi connectivity index (χ3v) is 3.41. The summed E-state index contributed by atoms with van der Waals surface area (Å²) < 4.78 is 28.2. The van der Waals surface area contributed by atoms with Crippen LogP contribution in [0.3, 0.4) is 0 Å². The molecule has 2 rings (SSSR count). The minimum absolute atomic E-state index is 0.158. The molecular weight excluding hydrogens is 248 g/mol. The summed E-state index contributed by atoms with van der Waals surface area (Å²) in [6.07, 6.45) is 0. The Morgan fingerprint density at radius 2 is 1.74 bits per heavy atom. The van der Waals surface area contributed by atoms with Crippen molar-refractivity contribution in [3.05, 3.63) is 29.3 Å². The van der Waals surface area contributed by atoms with Crippen LogP contribution in [-0.2, 0) is 5.41 Å². The fourth-order valence-corrected chi connectivity index (χ4v) is 2.32. The predicted molar refractivity (Wildman–Crippen MR) is 70.1 cm³/mol. The van der Waals surface area contributed by atoms with Crippen molar-refractivity contribution >= 4 is 5.69 Å². The Labute approximate surface area is 111 Å². The number of nitrogens with zero attached hydrogens (tertiary/aromatic N) is 2. The number of hydrogen-bond acceptors (Lipinski definition) is 3. The first-order valence-electron chi connectivity index (χ1n) is 6.32. The molecule has 1 heterocycles. The molecule has 0 aliphatic carbocycles. The van der Waals surface area contributed by atoms with E-state index in [0.717, 1.165) is 26.2 Å². The van der Waals surface area contributed by atoms with Gasteiger partial charge in [0.2, 0.25) is 0 Å². The maximum absolute atomic E-state index is 14.1. The Morgan fingerprint density at radius 1 is 1.21 bits per heavy atom. The van der Waals surface area contributed by atoms with Crippen LogP contribution in [0.2, 0.25) is 0 Å². The molecule has 5 heteroatoms. The second kappa shape index (κ2) is 5.14. The van der Waals surface area contributed by atoms with E-state index < -0.39 is 17.0 Å². The van der Waals surface area contributed by atoms with Crippen LogP contribution >= 0.6 is 0 Å².